The summed E-state index contributed by atoms with van der Waals surface area (Å²) in [6, 6.07) is -0.0801. The Morgan fingerprint density at radius 3 is 2.26 bits per heavy atom. The van der Waals surface area contributed by atoms with E-state index in [0.29, 0.717) is 11.3 Å². The number of carbonyl (C=O) groups excluding carboxylic acids is 6. The van der Waals surface area contributed by atoms with Gasteiger partial charge in [0.05, 0.1) is 23.2 Å². The number of rotatable bonds is 7. The number of hydrogen-bond donors (Lipinski definition) is 5. The highest BCUT2D eigenvalue weighted by molar-refractivity contribution is 6.32. The second kappa shape index (κ2) is 10.8. The van der Waals surface area contributed by atoms with Crippen LogP contribution < -0.4 is 16.0 Å². The van der Waals surface area contributed by atoms with Gasteiger partial charge >= 0.3 is 0 Å². The number of fused-ring (bicyclic) bond motifs is 3. The molecule has 0 spiro atoms. The fourth-order valence-electron chi connectivity index (χ4n) is 6.67. The van der Waals surface area contributed by atoms with E-state index in [2.05, 4.69) is 5.32 Å². The molecule has 2 fully saturated rings. The van der Waals surface area contributed by atoms with Gasteiger partial charge in [-0.2, -0.15) is 5.06 Å². The van der Waals surface area contributed by atoms with E-state index in [9.17, 15) is 44.2 Å². The summed E-state index contributed by atoms with van der Waals surface area (Å²) in [5.41, 5.74) is 3.01. The molecule has 0 saturated heterocycles. The maximum absolute atomic E-state index is 14.0. The molecule has 0 radical (unpaired) electrons. The maximum atomic E-state index is 14.0. The molecular weight excluding hydrogens is 550 g/mol. The lowest BCUT2D eigenvalue weighted by Crippen LogP contribution is -2.74. The fourth-order valence-corrected chi connectivity index (χ4v) is 6.67. The zero-order chi connectivity index (χ0) is 31.6. The lowest BCUT2D eigenvalue weighted by molar-refractivity contribution is -0.181. The number of benzene rings is 1. The van der Waals surface area contributed by atoms with E-state index in [1.807, 2.05) is 0 Å². The zero-order valence-electron chi connectivity index (χ0n) is 24.4. The molecule has 1 aromatic rings. The summed E-state index contributed by atoms with van der Waals surface area (Å²) in [6.07, 6.45) is 0.0104. The van der Waals surface area contributed by atoms with E-state index in [1.165, 1.54) is 25.1 Å². The molecule has 4 rings (SSSR count). The van der Waals surface area contributed by atoms with Crippen LogP contribution in [0.3, 0.4) is 0 Å². The number of likely N-dealkylation sites (N-methyl/N-ethyl adjacent to an activating group) is 1. The number of primary amides is 1. The lowest BCUT2D eigenvalue weighted by atomic mass is 9.52. The molecule has 228 valence electrons. The number of ketones is 4. The Kier molecular flexibility index (Phi) is 8.06. The smallest absolute Gasteiger partial charge is 0.241 e. The van der Waals surface area contributed by atoms with Crippen molar-refractivity contribution in [1.82, 2.24) is 9.96 Å². The van der Waals surface area contributed by atoms with Gasteiger partial charge in [-0.25, -0.2) is 0 Å². The van der Waals surface area contributed by atoms with Crippen molar-refractivity contribution < 1.29 is 44.2 Å². The van der Waals surface area contributed by atoms with Gasteiger partial charge in [-0.3, -0.25) is 33.7 Å². The van der Waals surface area contributed by atoms with E-state index < -0.39 is 82.6 Å². The van der Waals surface area contributed by atoms with E-state index >= 15 is 0 Å². The molecule has 0 heterocycles. The number of aliphatic hydroxyl groups is 1. The van der Waals surface area contributed by atoms with Crippen molar-refractivity contribution in [2.24, 2.45) is 29.4 Å². The first kappa shape index (κ1) is 31.2. The van der Waals surface area contributed by atoms with E-state index in [4.69, 9.17) is 5.73 Å². The first-order valence-corrected chi connectivity index (χ1v) is 13.6. The van der Waals surface area contributed by atoms with Crippen LogP contribution in [0.2, 0.25) is 0 Å². The first-order valence-electron chi connectivity index (χ1n) is 13.6. The van der Waals surface area contributed by atoms with Gasteiger partial charge in [-0.05, 0) is 58.3 Å². The Hall–Kier alpha value is -3.72. The van der Waals surface area contributed by atoms with E-state index in [0.717, 1.165) is 5.06 Å². The number of Topliss-reactive ketones (excluding diaryl/α,β-unsaturated/α-hetero) is 4. The summed E-state index contributed by atoms with van der Waals surface area (Å²) in [5.74, 6) is -12.3. The van der Waals surface area contributed by atoms with Gasteiger partial charge in [0.25, 0.3) is 0 Å². The van der Waals surface area contributed by atoms with Gasteiger partial charge in [-0.15, -0.1) is 0 Å². The summed E-state index contributed by atoms with van der Waals surface area (Å²) < 4.78 is 0. The number of nitrogens with zero attached hydrogens (tertiary/aromatic N) is 3. The minimum atomic E-state index is -2.83. The van der Waals surface area contributed by atoms with Crippen LogP contribution in [0.4, 0.5) is 11.4 Å². The summed E-state index contributed by atoms with van der Waals surface area (Å²) in [6.45, 7) is 2.91. The lowest BCUT2D eigenvalue weighted by Gasteiger charge is -2.52. The first-order chi connectivity index (χ1) is 19.4. The Bertz CT molecular complexity index is 1390. The third-order valence-electron chi connectivity index (χ3n) is 8.70. The van der Waals surface area contributed by atoms with Gasteiger partial charge in [-0.1, -0.05) is 0 Å². The predicted octanol–water partition coefficient (Wildman–Crippen LogP) is -1.03. The number of carbonyl (C=O) groups is 6. The van der Waals surface area contributed by atoms with Gasteiger partial charge < -0.3 is 31.4 Å². The van der Waals surface area contributed by atoms with Crippen LogP contribution in [0.15, 0.2) is 6.07 Å². The second-order valence-electron chi connectivity index (χ2n) is 12.1. The van der Waals surface area contributed by atoms with E-state index in [1.54, 1.807) is 32.8 Å². The molecule has 14 nitrogen and oxygen atoms in total. The average Bonchev–Trinajstić information content (AvgIpc) is 2.87. The van der Waals surface area contributed by atoms with Crippen molar-refractivity contribution in [2.75, 3.05) is 45.0 Å². The van der Waals surface area contributed by atoms with Crippen LogP contribution in [-0.4, -0.2) is 113 Å². The van der Waals surface area contributed by atoms with Crippen LogP contribution in [0.25, 0.3) is 0 Å². The Labute approximate surface area is 242 Å². The number of hydrogen-bond acceptors (Lipinski definition) is 12. The average molecular weight is 588 g/mol. The van der Waals surface area contributed by atoms with Gasteiger partial charge in [0.1, 0.15) is 12.3 Å². The number of aromatic hydroxyl groups is 1. The van der Waals surface area contributed by atoms with Crippen molar-refractivity contribution >= 4 is 46.3 Å². The largest absolute Gasteiger partial charge is 0.505 e. The molecule has 1 aromatic carbocycles. The van der Waals surface area contributed by atoms with Crippen LogP contribution in [0, 0.1) is 23.7 Å². The van der Waals surface area contributed by atoms with E-state index in [-0.39, 0.29) is 30.1 Å². The molecule has 6 N–H and O–H groups in total. The number of anilines is 2. The van der Waals surface area contributed by atoms with Crippen molar-refractivity contribution in [2.45, 2.75) is 44.4 Å². The number of amides is 2. The number of nitrogens with one attached hydrogen (secondary N) is 1. The van der Waals surface area contributed by atoms with Crippen molar-refractivity contribution in [1.29, 1.82) is 0 Å². The number of hydroxylamine groups is 2. The molecule has 42 heavy (non-hydrogen) atoms. The van der Waals surface area contributed by atoms with Gasteiger partial charge in [0, 0.05) is 31.7 Å². The topological polar surface area (TPSA) is 211 Å². The predicted molar refractivity (Wildman–Crippen MR) is 148 cm³/mol. The minimum absolute atomic E-state index is 0.0719. The number of nitrogens with two attached hydrogens (primary N) is 1. The molecule has 2 amide bonds. The Morgan fingerprint density at radius 2 is 1.74 bits per heavy atom. The summed E-state index contributed by atoms with van der Waals surface area (Å²) >= 11 is 0. The molecular formula is C28H37N5O9. The highest BCUT2D eigenvalue weighted by Crippen LogP contribution is 2.52. The normalized spacial score (nSPS) is 29.0. The standard InChI is InChI=1S/C28H37N5O9/c1-11(2)33(42)10-17(34)30-15-9-16(31(3)4)13-7-12-8-14-21(32(5)6)24(37)20(27(29)40)26(39)28(14,41)25(38)18(12)23(36)19(13)22(15)35/h9,11-12,14,18,20-21,35,41-42H,7-8,10H2,1-6H3,(H2,29,40)(H,30,34)/t12-,14-,18?,20?,21-,28-/m0/s1. The molecule has 3 aliphatic rings. The van der Waals surface area contributed by atoms with Crippen LogP contribution in [0.5, 0.6) is 5.75 Å². The highest BCUT2D eigenvalue weighted by Gasteiger charge is 2.69. The monoisotopic (exact) mass is 587 g/mol. The Morgan fingerprint density at radius 1 is 1.12 bits per heavy atom. The molecule has 0 aliphatic heterocycles. The summed E-state index contributed by atoms with van der Waals surface area (Å²) in [4.78, 5) is 82.5. The van der Waals surface area contributed by atoms with Gasteiger partial charge in [0.2, 0.25) is 11.8 Å². The van der Waals surface area contributed by atoms with Crippen molar-refractivity contribution in [3.8, 4) is 5.75 Å². The summed E-state index contributed by atoms with van der Waals surface area (Å²) in [5, 5.41) is 36.2. The van der Waals surface area contributed by atoms with Crippen molar-refractivity contribution in [3.05, 3.63) is 17.2 Å². The van der Waals surface area contributed by atoms with Crippen LogP contribution >= 0.6 is 0 Å². The minimum Gasteiger partial charge on any atom is -0.505 e. The quantitative estimate of drug-likeness (QED) is 0.147. The third kappa shape index (κ3) is 4.68. The number of phenols is 1. The molecule has 3 aliphatic carbocycles. The summed E-state index contributed by atoms with van der Waals surface area (Å²) in [7, 11) is 6.42. The second-order valence-corrected chi connectivity index (χ2v) is 12.1. The SMILES string of the molecule is CC(C)N(O)CC(=O)Nc1cc(N(C)C)c2c(c1O)C(=O)C1C(=O)[C@]3(O)C(=O)C(C(N)=O)C(=O)[C@@H](N(C)C)[C@@H]3C[C@@H]1C2. The van der Waals surface area contributed by atoms with Crippen LogP contribution in [-0.2, 0) is 30.4 Å². The molecule has 2 saturated carbocycles. The van der Waals surface area contributed by atoms with Gasteiger partial charge in [0.15, 0.2) is 34.7 Å². The zero-order valence-corrected chi connectivity index (χ0v) is 24.4. The Balaban J connectivity index is 1.82. The maximum Gasteiger partial charge on any atom is 0.241 e. The molecule has 2 unspecified atom stereocenters. The molecule has 14 heteroatoms. The third-order valence-corrected chi connectivity index (χ3v) is 8.70. The number of phenolic OH excluding ortho intramolecular Hbond substituents is 1. The van der Waals surface area contributed by atoms with Crippen molar-refractivity contribution in [3.63, 3.8) is 0 Å². The molecule has 0 bridgehead atoms. The van der Waals surface area contributed by atoms with Crippen LogP contribution in [0.1, 0.15) is 36.2 Å². The molecule has 0 aromatic heterocycles. The highest BCUT2D eigenvalue weighted by atomic mass is 16.5. The fraction of sp³-hybridized carbons (Fsp3) is 0.571. The molecule has 6 atom stereocenters.